The lowest BCUT2D eigenvalue weighted by Crippen LogP contribution is -2.39. The fraction of sp³-hybridized carbons (Fsp3) is 0.300. The van der Waals surface area contributed by atoms with E-state index in [0.717, 1.165) is 11.1 Å². The van der Waals surface area contributed by atoms with Crippen molar-refractivity contribution in [1.29, 1.82) is 0 Å². The summed E-state index contributed by atoms with van der Waals surface area (Å²) in [6.45, 7) is 5.94. The average molecular weight is 401 g/mol. The van der Waals surface area contributed by atoms with Crippen LogP contribution in [-0.4, -0.2) is 24.1 Å². The average Bonchev–Trinajstić information content (AvgIpc) is 2.67. The van der Waals surface area contributed by atoms with Gasteiger partial charge in [0, 0.05) is 20.6 Å². The summed E-state index contributed by atoms with van der Waals surface area (Å²) in [6, 6.07) is 9.97. The van der Waals surface area contributed by atoms with Crippen LogP contribution in [0.3, 0.4) is 0 Å². The van der Waals surface area contributed by atoms with E-state index in [1.807, 2.05) is 26.0 Å². The van der Waals surface area contributed by atoms with Crippen molar-refractivity contribution >= 4 is 26.7 Å². The fourth-order valence-electron chi connectivity index (χ4n) is 3.22. The molecule has 0 N–H and O–H groups in total. The lowest BCUT2D eigenvalue weighted by molar-refractivity contribution is 0.592. The van der Waals surface area contributed by atoms with Crippen LogP contribution in [0.5, 0.6) is 0 Å². The molecule has 7 nitrogen and oxygen atoms in total. The van der Waals surface area contributed by atoms with Gasteiger partial charge in [0.2, 0.25) is 0 Å². The molecule has 3 rings (SSSR count). The molecule has 1 aromatic heterocycles. The number of hydrogen-bond acceptors (Lipinski definition) is 4. The van der Waals surface area contributed by atoms with Crippen LogP contribution in [0.4, 0.5) is 5.69 Å². The van der Waals surface area contributed by atoms with Crippen LogP contribution in [0.25, 0.3) is 11.0 Å². The molecule has 0 fully saturated rings. The first kappa shape index (κ1) is 19.9. The highest BCUT2D eigenvalue weighted by atomic mass is 32.2. The van der Waals surface area contributed by atoms with Crippen LogP contribution in [0, 0.1) is 13.8 Å². The first-order chi connectivity index (χ1) is 13.1. The molecule has 8 heteroatoms. The zero-order valence-electron chi connectivity index (χ0n) is 16.6. The summed E-state index contributed by atoms with van der Waals surface area (Å²) < 4.78 is 30.4. The molecule has 1 heterocycles. The third-order valence-electron chi connectivity index (χ3n) is 5.12. The van der Waals surface area contributed by atoms with E-state index in [0.29, 0.717) is 16.7 Å². The van der Waals surface area contributed by atoms with Crippen molar-refractivity contribution in [2.24, 2.45) is 14.1 Å². The van der Waals surface area contributed by atoms with Crippen molar-refractivity contribution in [1.82, 2.24) is 9.13 Å². The summed E-state index contributed by atoms with van der Waals surface area (Å²) in [5.41, 5.74) is 2.17. The Bertz CT molecular complexity index is 1300. The normalized spacial score (nSPS) is 11.8. The molecular weight excluding hydrogens is 378 g/mol. The summed E-state index contributed by atoms with van der Waals surface area (Å²) >= 11 is 0. The molecule has 2 aromatic carbocycles. The zero-order valence-corrected chi connectivity index (χ0v) is 17.4. The van der Waals surface area contributed by atoms with E-state index in [4.69, 9.17) is 0 Å². The Morgan fingerprint density at radius 1 is 0.857 bits per heavy atom. The highest BCUT2D eigenvalue weighted by molar-refractivity contribution is 7.92. The molecule has 0 unspecified atom stereocenters. The van der Waals surface area contributed by atoms with Gasteiger partial charge in [-0.05, 0) is 62.2 Å². The summed E-state index contributed by atoms with van der Waals surface area (Å²) in [5.74, 6) is 0. The largest absolute Gasteiger partial charge is 0.316 e. The van der Waals surface area contributed by atoms with E-state index in [9.17, 15) is 18.0 Å². The number of sulfonamides is 1. The highest BCUT2D eigenvalue weighted by Gasteiger charge is 2.25. The number of nitrogens with zero attached hydrogens (tertiary/aromatic N) is 3. The van der Waals surface area contributed by atoms with Crippen LogP contribution in [0.15, 0.2) is 50.9 Å². The van der Waals surface area contributed by atoms with Gasteiger partial charge in [0.05, 0.1) is 21.6 Å². The molecular formula is C20H23N3O4S. The van der Waals surface area contributed by atoms with Gasteiger partial charge in [0.1, 0.15) is 0 Å². The van der Waals surface area contributed by atoms with Crippen LogP contribution < -0.4 is 15.4 Å². The zero-order chi connectivity index (χ0) is 20.8. The molecule has 0 saturated heterocycles. The Morgan fingerprint density at radius 2 is 1.46 bits per heavy atom. The number of aromatic nitrogens is 2. The molecule has 0 bridgehead atoms. The topological polar surface area (TPSA) is 81.4 Å². The van der Waals surface area contributed by atoms with Crippen molar-refractivity contribution in [3.05, 3.63) is 68.2 Å². The molecule has 0 saturated carbocycles. The molecule has 0 aliphatic carbocycles. The van der Waals surface area contributed by atoms with E-state index in [2.05, 4.69) is 0 Å². The van der Waals surface area contributed by atoms with Crippen LogP contribution >= 0.6 is 0 Å². The summed E-state index contributed by atoms with van der Waals surface area (Å²) in [7, 11) is -0.892. The minimum Gasteiger partial charge on any atom is -0.305 e. The van der Waals surface area contributed by atoms with Gasteiger partial charge < -0.3 is 9.13 Å². The third kappa shape index (κ3) is 3.03. The van der Waals surface area contributed by atoms with Crippen LogP contribution in [0.2, 0.25) is 0 Å². The predicted molar refractivity (Wildman–Crippen MR) is 111 cm³/mol. The molecule has 28 heavy (non-hydrogen) atoms. The molecule has 0 spiro atoms. The highest BCUT2D eigenvalue weighted by Crippen LogP contribution is 2.27. The van der Waals surface area contributed by atoms with Gasteiger partial charge in [-0.2, -0.15) is 0 Å². The molecule has 0 radical (unpaired) electrons. The lowest BCUT2D eigenvalue weighted by atomic mass is 10.1. The molecule has 3 aromatic rings. The SMILES string of the molecule is CCN(c1ccc(C)c(C)c1)S(=O)(=O)c1ccc2c(c1)n(C)c(=O)c(=O)n2C. The Kier molecular flexibility index (Phi) is 4.93. The Balaban J connectivity index is 2.23. The number of fused-ring (bicyclic) bond motifs is 1. The molecule has 0 aliphatic heterocycles. The summed E-state index contributed by atoms with van der Waals surface area (Å²) in [5, 5.41) is 0. The first-order valence-corrected chi connectivity index (χ1v) is 10.3. The molecule has 0 amide bonds. The Morgan fingerprint density at radius 3 is 2.04 bits per heavy atom. The maximum Gasteiger partial charge on any atom is 0.316 e. The lowest BCUT2D eigenvalue weighted by Gasteiger charge is -2.24. The van der Waals surface area contributed by atoms with Gasteiger partial charge in [-0.15, -0.1) is 0 Å². The van der Waals surface area contributed by atoms with E-state index in [1.165, 1.54) is 39.7 Å². The number of hydrogen-bond donors (Lipinski definition) is 0. The second-order valence-corrected chi connectivity index (χ2v) is 8.68. The number of aryl methyl sites for hydroxylation is 4. The van der Waals surface area contributed by atoms with Crippen LogP contribution in [0.1, 0.15) is 18.1 Å². The number of benzene rings is 2. The number of rotatable bonds is 4. The summed E-state index contributed by atoms with van der Waals surface area (Å²) in [4.78, 5) is 24.2. The molecule has 0 aliphatic rings. The maximum absolute atomic E-state index is 13.3. The van der Waals surface area contributed by atoms with Gasteiger partial charge in [0.25, 0.3) is 10.0 Å². The van der Waals surface area contributed by atoms with Crippen molar-refractivity contribution in [3.8, 4) is 0 Å². The van der Waals surface area contributed by atoms with Crippen molar-refractivity contribution in [3.63, 3.8) is 0 Å². The second-order valence-electron chi connectivity index (χ2n) is 6.82. The second kappa shape index (κ2) is 6.94. The van der Waals surface area contributed by atoms with Gasteiger partial charge in [-0.3, -0.25) is 13.9 Å². The van der Waals surface area contributed by atoms with Crippen molar-refractivity contribution < 1.29 is 8.42 Å². The minimum absolute atomic E-state index is 0.0636. The van der Waals surface area contributed by atoms with Gasteiger partial charge in [-0.25, -0.2) is 8.42 Å². The summed E-state index contributed by atoms with van der Waals surface area (Å²) in [6.07, 6.45) is 0. The monoisotopic (exact) mass is 401 g/mol. The van der Waals surface area contributed by atoms with E-state index in [1.54, 1.807) is 19.1 Å². The van der Waals surface area contributed by atoms with Crippen molar-refractivity contribution in [2.75, 3.05) is 10.8 Å². The standard InChI is InChI=1S/C20H23N3O4S/c1-6-23(15-8-7-13(2)14(3)11-15)28(26,27)16-9-10-17-18(12-16)22(5)20(25)19(24)21(17)4/h7-12H,6H2,1-5H3. The Hall–Kier alpha value is -2.87. The van der Waals surface area contributed by atoms with E-state index >= 15 is 0 Å². The smallest absolute Gasteiger partial charge is 0.305 e. The van der Waals surface area contributed by atoms with Crippen molar-refractivity contribution in [2.45, 2.75) is 25.7 Å². The van der Waals surface area contributed by atoms with E-state index < -0.39 is 21.1 Å². The van der Waals surface area contributed by atoms with Crippen LogP contribution in [-0.2, 0) is 24.1 Å². The van der Waals surface area contributed by atoms with Gasteiger partial charge >= 0.3 is 11.1 Å². The number of anilines is 1. The van der Waals surface area contributed by atoms with Gasteiger partial charge in [0.15, 0.2) is 0 Å². The fourth-order valence-corrected chi connectivity index (χ4v) is 4.71. The van der Waals surface area contributed by atoms with E-state index in [-0.39, 0.29) is 11.4 Å². The molecule has 0 atom stereocenters. The minimum atomic E-state index is -3.85. The molecule has 148 valence electrons. The first-order valence-electron chi connectivity index (χ1n) is 8.89. The maximum atomic E-state index is 13.3. The van der Waals surface area contributed by atoms with Gasteiger partial charge in [-0.1, -0.05) is 6.07 Å². The third-order valence-corrected chi connectivity index (χ3v) is 7.01. The Labute approximate surface area is 163 Å². The predicted octanol–water partition coefficient (Wildman–Crippen LogP) is 2.07. The quantitative estimate of drug-likeness (QED) is 0.627.